The summed E-state index contributed by atoms with van der Waals surface area (Å²) in [5.74, 6) is 0.424. The number of piperazine rings is 1. The molecule has 2 fully saturated rings. The maximum Gasteiger partial charge on any atom is 0.191 e. The second-order valence-electron chi connectivity index (χ2n) is 6.75. The van der Waals surface area contributed by atoms with Gasteiger partial charge in [0.25, 0.3) is 0 Å². The Labute approximate surface area is 151 Å². The van der Waals surface area contributed by atoms with Crippen molar-refractivity contribution in [1.29, 1.82) is 0 Å². The smallest absolute Gasteiger partial charge is 0.191 e. The van der Waals surface area contributed by atoms with E-state index >= 15 is 0 Å². The molecule has 0 spiro atoms. The molecule has 0 bridgehead atoms. The molecule has 0 atom stereocenters. The lowest BCUT2D eigenvalue weighted by Gasteiger charge is -2.35. The molecule has 0 amide bonds. The van der Waals surface area contributed by atoms with E-state index in [2.05, 4.69) is 19.8 Å². The van der Waals surface area contributed by atoms with Gasteiger partial charge in [0.15, 0.2) is 11.1 Å². The van der Waals surface area contributed by atoms with Gasteiger partial charge in [-0.25, -0.2) is 9.37 Å². The van der Waals surface area contributed by atoms with E-state index in [0.717, 1.165) is 44.2 Å². The molecule has 132 valence electrons. The summed E-state index contributed by atoms with van der Waals surface area (Å²) in [6.07, 6.45) is 4.02. The third kappa shape index (κ3) is 3.46. The largest absolute Gasteiger partial charge is 0.370 e. The number of rotatable bonds is 4. The fourth-order valence-corrected chi connectivity index (χ4v) is 4.02. The number of thiazole rings is 1. The molecule has 5 nitrogen and oxygen atoms in total. The van der Waals surface area contributed by atoms with Gasteiger partial charge in [-0.3, -0.25) is 4.99 Å². The first kappa shape index (κ1) is 16.3. The molecule has 0 radical (unpaired) electrons. The van der Waals surface area contributed by atoms with Crippen molar-refractivity contribution in [3.05, 3.63) is 47.2 Å². The molecule has 1 aromatic carbocycles. The molecule has 1 aliphatic carbocycles. The van der Waals surface area contributed by atoms with Crippen LogP contribution in [0.5, 0.6) is 0 Å². The van der Waals surface area contributed by atoms with Crippen LogP contribution in [-0.2, 0) is 5.41 Å². The van der Waals surface area contributed by atoms with Crippen LogP contribution in [0.3, 0.4) is 0 Å². The molecule has 2 heterocycles. The molecular weight excluding hydrogens is 337 g/mol. The lowest BCUT2D eigenvalue weighted by atomic mass is 9.96. The Morgan fingerprint density at radius 2 is 1.92 bits per heavy atom. The van der Waals surface area contributed by atoms with Crippen LogP contribution in [0.15, 0.2) is 40.8 Å². The van der Waals surface area contributed by atoms with Gasteiger partial charge in [-0.2, -0.15) is 0 Å². The van der Waals surface area contributed by atoms with Gasteiger partial charge in [0.1, 0.15) is 5.82 Å². The summed E-state index contributed by atoms with van der Waals surface area (Å²) in [6.45, 7) is 4.22. The van der Waals surface area contributed by atoms with Crippen LogP contribution in [-0.4, -0.2) is 48.6 Å². The van der Waals surface area contributed by atoms with E-state index in [1.54, 1.807) is 11.3 Å². The van der Waals surface area contributed by atoms with Crippen molar-refractivity contribution in [2.45, 2.75) is 18.3 Å². The van der Waals surface area contributed by atoms with Crippen molar-refractivity contribution in [3.63, 3.8) is 0 Å². The normalized spacial score (nSPS) is 20.0. The second-order valence-corrected chi connectivity index (χ2v) is 7.62. The molecular formula is C18H22FN5S. The van der Waals surface area contributed by atoms with Gasteiger partial charge in [-0.15, -0.1) is 11.3 Å². The molecule has 7 heteroatoms. The Balaban J connectivity index is 1.35. The van der Waals surface area contributed by atoms with E-state index in [4.69, 9.17) is 5.73 Å². The van der Waals surface area contributed by atoms with Gasteiger partial charge < -0.3 is 15.5 Å². The molecule has 1 saturated carbocycles. The zero-order valence-corrected chi connectivity index (χ0v) is 14.9. The van der Waals surface area contributed by atoms with Crippen molar-refractivity contribution in [3.8, 4) is 0 Å². The Bertz CT molecular complexity index is 731. The topological polar surface area (TPSA) is 57.8 Å². The van der Waals surface area contributed by atoms with Gasteiger partial charge in [0, 0.05) is 43.2 Å². The molecule has 25 heavy (non-hydrogen) atoms. The Kier molecular flexibility index (Phi) is 4.33. The minimum Gasteiger partial charge on any atom is -0.370 e. The lowest BCUT2D eigenvalue weighted by Crippen LogP contribution is -2.51. The SMILES string of the molecule is NC(=NCC1(c2ccc(F)cc2)CC1)N1CCN(c2nccs2)CC1. The van der Waals surface area contributed by atoms with Gasteiger partial charge in [-0.1, -0.05) is 12.1 Å². The lowest BCUT2D eigenvalue weighted by molar-refractivity contribution is 0.380. The van der Waals surface area contributed by atoms with E-state index in [1.807, 2.05) is 23.7 Å². The maximum atomic E-state index is 13.1. The first-order valence-electron chi connectivity index (χ1n) is 8.62. The molecule has 1 saturated heterocycles. The van der Waals surface area contributed by atoms with Crippen molar-refractivity contribution < 1.29 is 4.39 Å². The Morgan fingerprint density at radius 1 is 1.20 bits per heavy atom. The minimum absolute atomic E-state index is 0.0566. The van der Waals surface area contributed by atoms with Crippen LogP contribution in [0, 0.1) is 5.82 Å². The van der Waals surface area contributed by atoms with Gasteiger partial charge in [-0.05, 0) is 30.5 Å². The summed E-state index contributed by atoms with van der Waals surface area (Å²) in [7, 11) is 0. The third-order valence-corrected chi connectivity index (χ3v) is 5.98. The fourth-order valence-electron chi connectivity index (χ4n) is 3.32. The number of guanidine groups is 1. The fraction of sp³-hybridized carbons (Fsp3) is 0.444. The molecule has 4 rings (SSSR count). The van der Waals surface area contributed by atoms with Crippen LogP contribution in [0.4, 0.5) is 9.52 Å². The summed E-state index contributed by atoms with van der Waals surface area (Å²) < 4.78 is 13.1. The first-order valence-corrected chi connectivity index (χ1v) is 9.50. The predicted octanol–water partition coefficient (Wildman–Crippen LogP) is 2.45. The maximum absolute atomic E-state index is 13.1. The van der Waals surface area contributed by atoms with Crippen LogP contribution in [0.25, 0.3) is 0 Å². The highest BCUT2D eigenvalue weighted by Crippen LogP contribution is 2.48. The third-order valence-electron chi connectivity index (χ3n) is 5.15. The number of anilines is 1. The van der Waals surface area contributed by atoms with Crippen molar-refractivity contribution >= 4 is 22.4 Å². The van der Waals surface area contributed by atoms with E-state index in [1.165, 1.54) is 17.7 Å². The molecule has 2 aliphatic rings. The number of nitrogens with two attached hydrogens (primary N) is 1. The highest BCUT2D eigenvalue weighted by molar-refractivity contribution is 7.13. The van der Waals surface area contributed by atoms with Gasteiger partial charge in [0.05, 0.1) is 6.54 Å². The number of hydrogen-bond donors (Lipinski definition) is 1. The predicted molar refractivity (Wildman–Crippen MR) is 99.7 cm³/mol. The quantitative estimate of drug-likeness (QED) is 0.673. The van der Waals surface area contributed by atoms with Crippen LogP contribution < -0.4 is 10.6 Å². The van der Waals surface area contributed by atoms with Crippen LogP contribution >= 0.6 is 11.3 Å². The average Bonchev–Trinajstić information content (AvgIpc) is 3.23. The number of halogens is 1. The summed E-state index contributed by atoms with van der Waals surface area (Å²) in [5.41, 5.74) is 7.46. The minimum atomic E-state index is -0.194. The van der Waals surface area contributed by atoms with E-state index < -0.39 is 0 Å². The summed E-state index contributed by atoms with van der Waals surface area (Å²) in [6, 6.07) is 6.81. The summed E-state index contributed by atoms with van der Waals surface area (Å²) in [5, 5.41) is 3.07. The zero-order valence-electron chi connectivity index (χ0n) is 14.1. The number of hydrogen-bond acceptors (Lipinski definition) is 4. The van der Waals surface area contributed by atoms with E-state index in [0.29, 0.717) is 12.5 Å². The average molecular weight is 359 g/mol. The van der Waals surface area contributed by atoms with Crippen molar-refractivity contribution in [2.24, 2.45) is 10.7 Å². The number of aliphatic imine (C=N–C) groups is 1. The van der Waals surface area contributed by atoms with Crippen molar-refractivity contribution in [1.82, 2.24) is 9.88 Å². The van der Waals surface area contributed by atoms with Crippen LogP contribution in [0.2, 0.25) is 0 Å². The monoisotopic (exact) mass is 359 g/mol. The van der Waals surface area contributed by atoms with Gasteiger partial charge in [0.2, 0.25) is 0 Å². The Morgan fingerprint density at radius 3 is 2.52 bits per heavy atom. The molecule has 1 aliphatic heterocycles. The number of aromatic nitrogens is 1. The van der Waals surface area contributed by atoms with E-state index in [9.17, 15) is 4.39 Å². The van der Waals surface area contributed by atoms with Gasteiger partial charge >= 0.3 is 0 Å². The first-order chi connectivity index (χ1) is 12.2. The number of nitrogens with zero attached hydrogens (tertiary/aromatic N) is 4. The Hall–Kier alpha value is -2.15. The molecule has 0 unspecified atom stereocenters. The molecule has 2 N–H and O–H groups in total. The zero-order chi connectivity index (χ0) is 17.3. The highest BCUT2D eigenvalue weighted by Gasteiger charge is 2.44. The standard InChI is InChI=1S/C18H22FN5S/c19-15-3-1-14(2-4-15)18(5-6-18)13-22-16(20)23-8-10-24(11-9-23)17-21-7-12-25-17/h1-4,7,12H,5-6,8-11,13H2,(H2,20,22). The summed E-state index contributed by atoms with van der Waals surface area (Å²) >= 11 is 1.67. The molecule has 1 aromatic heterocycles. The summed E-state index contributed by atoms with van der Waals surface area (Å²) in [4.78, 5) is 13.5. The molecule has 2 aromatic rings. The van der Waals surface area contributed by atoms with Crippen molar-refractivity contribution in [2.75, 3.05) is 37.6 Å². The second kappa shape index (κ2) is 6.63. The van der Waals surface area contributed by atoms with Crippen LogP contribution in [0.1, 0.15) is 18.4 Å². The number of benzene rings is 1. The van der Waals surface area contributed by atoms with E-state index in [-0.39, 0.29) is 11.2 Å². The highest BCUT2D eigenvalue weighted by atomic mass is 32.1.